The molecule has 2 aliphatic rings. The first kappa shape index (κ1) is 15.6. The quantitative estimate of drug-likeness (QED) is 0.906. The maximum absolute atomic E-state index is 5.92. The molecule has 2 saturated heterocycles. The minimum Gasteiger partial charge on any atom is -0.493 e. The molecular weight excluding hydrogens is 276 g/mol. The van der Waals surface area contributed by atoms with Crippen LogP contribution in [-0.4, -0.2) is 51.3 Å². The van der Waals surface area contributed by atoms with Gasteiger partial charge in [0.05, 0.1) is 7.11 Å². The van der Waals surface area contributed by atoms with E-state index >= 15 is 0 Å². The fraction of sp³-hybridized carbons (Fsp3) is 0.667. The van der Waals surface area contributed by atoms with Crippen molar-refractivity contribution in [3.05, 3.63) is 24.3 Å². The molecule has 1 aromatic rings. The van der Waals surface area contributed by atoms with E-state index in [1.54, 1.807) is 7.11 Å². The molecule has 4 heteroatoms. The average molecular weight is 304 g/mol. The summed E-state index contributed by atoms with van der Waals surface area (Å²) in [6.45, 7) is 6.53. The number of hydrogen-bond donors (Lipinski definition) is 1. The molecule has 4 nitrogen and oxygen atoms in total. The Morgan fingerprint density at radius 3 is 2.77 bits per heavy atom. The highest BCUT2D eigenvalue weighted by atomic mass is 16.5. The van der Waals surface area contributed by atoms with E-state index in [1.807, 2.05) is 24.3 Å². The minimum atomic E-state index is 0.515. The van der Waals surface area contributed by atoms with Crippen LogP contribution < -0.4 is 14.8 Å². The molecule has 122 valence electrons. The highest BCUT2D eigenvalue weighted by Gasteiger charge is 2.36. The second kappa shape index (κ2) is 7.34. The van der Waals surface area contributed by atoms with Crippen LogP contribution in [0.2, 0.25) is 0 Å². The van der Waals surface area contributed by atoms with E-state index in [2.05, 4.69) is 10.2 Å². The highest BCUT2D eigenvalue weighted by molar-refractivity contribution is 5.39. The van der Waals surface area contributed by atoms with Gasteiger partial charge < -0.3 is 14.8 Å². The molecule has 1 atom stereocenters. The minimum absolute atomic E-state index is 0.515. The highest BCUT2D eigenvalue weighted by Crippen LogP contribution is 2.35. The number of piperidine rings is 2. The van der Waals surface area contributed by atoms with Crippen LogP contribution in [-0.2, 0) is 0 Å². The van der Waals surface area contributed by atoms with E-state index in [1.165, 1.54) is 51.9 Å². The molecule has 0 amide bonds. The SMILES string of the molecule is COc1ccccc1OCCN1CCCC2(CCCNC2)C1. The van der Waals surface area contributed by atoms with E-state index in [9.17, 15) is 0 Å². The van der Waals surface area contributed by atoms with E-state index < -0.39 is 0 Å². The Balaban J connectivity index is 1.49. The van der Waals surface area contributed by atoms with Gasteiger partial charge in [0, 0.05) is 19.6 Å². The van der Waals surface area contributed by atoms with Crippen LogP contribution in [0.3, 0.4) is 0 Å². The predicted molar refractivity (Wildman–Crippen MR) is 88.7 cm³/mol. The van der Waals surface area contributed by atoms with Gasteiger partial charge in [-0.05, 0) is 56.3 Å². The van der Waals surface area contributed by atoms with Crippen molar-refractivity contribution in [2.45, 2.75) is 25.7 Å². The van der Waals surface area contributed by atoms with Crippen molar-refractivity contribution in [2.24, 2.45) is 5.41 Å². The molecule has 3 rings (SSSR count). The standard InChI is InChI=1S/C18H28N2O2/c1-21-16-6-2-3-7-17(16)22-13-12-20-11-5-9-18(15-20)8-4-10-19-14-18/h2-3,6-7,19H,4-5,8-15H2,1H3. The number of methoxy groups -OCH3 is 1. The summed E-state index contributed by atoms with van der Waals surface area (Å²) in [6, 6.07) is 7.87. The van der Waals surface area contributed by atoms with Crippen LogP contribution in [0.25, 0.3) is 0 Å². The van der Waals surface area contributed by atoms with Crippen molar-refractivity contribution in [2.75, 3.05) is 46.4 Å². The smallest absolute Gasteiger partial charge is 0.161 e. The molecule has 2 aliphatic heterocycles. The number of ether oxygens (including phenoxy) is 2. The molecule has 22 heavy (non-hydrogen) atoms. The van der Waals surface area contributed by atoms with Crippen molar-refractivity contribution in [1.82, 2.24) is 10.2 Å². The summed E-state index contributed by atoms with van der Waals surface area (Å²) >= 11 is 0. The number of likely N-dealkylation sites (tertiary alicyclic amines) is 1. The third-order valence-electron chi connectivity index (χ3n) is 5.04. The molecule has 1 N–H and O–H groups in total. The molecule has 2 fully saturated rings. The zero-order valence-electron chi connectivity index (χ0n) is 13.6. The fourth-order valence-corrected chi connectivity index (χ4v) is 3.90. The van der Waals surface area contributed by atoms with Crippen LogP contribution in [0.1, 0.15) is 25.7 Å². The van der Waals surface area contributed by atoms with Gasteiger partial charge in [-0.3, -0.25) is 4.90 Å². The van der Waals surface area contributed by atoms with Crippen LogP contribution in [0, 0.1) is 5.41 Å². The molecule has 1 unspecified atom stereocenters. The van der Waals surface area contributed by atoms with E-state index in [-0.39, 0.29) is 0 Å². The molecule has 1 spiro atoms. The number of nitrogens with zero attached hydrogens (tertiary/aromatic N) is 1. The van der Waals surface area contributed by atoms with Gasteiger partial charge in [0.25, 0.3) is 0 Å². The summed E-state index contributed by atoms with van der Waals surface area (Å²) in [5, 5.41) is 3.59. The van der Waals surface area contributed by atoms with E-state index in [0.29, 0.717) is 5.41 Å². The molecule has 0 aliphatic carbocycles. The zero-order chi connectivity index (χ0) is 15.3. The first-order chi connectivity index (χ1) is 10.8. The number of hydrogen-bond acceptors (Lipinski definition) is 4. The van der Waals surface area contributed by atoms with Crippen LogP contribution in [0.15, 0.2) is 24.3 Å². The maximum atomic E-state index is 5.92. The first-order valence-electron chi connectivity index (χ1n) is 8.50. The van der Waals surface area contributed by atoms with Crippen molar-refractivity contribution in [3.63, 3.8) is 0 Å². The molecule has 2 heterocycles. The molecule has 0 aromatic heterocycles. The van der Waals surface area contributed by atoms with Crippen LogP contribution in [0.5, 0.6) is 11.5 Å². The third-order valence-corrected chi connectivity index (χ3v) is 5.04. The number of benzene rings is 1. The second-order valence-electron chi connectivity index (χ2n) is 6.66. The van der Waals surface area contributed by atoms with Crippen molar-refractivity contribution >= 4 is 0 Å². The van der Waals surface area contributed by atoms with E-state index in [0.717, 1.165) is 24.7 Å². The zero-order valence-corrected chi connectivity index (χ0v) is 13.6. The van der Waals surface area contributed by atoms with Crippen molar-refractivity contribution < 1.29 is 9.47 Å². The largest absolute Gasteiger partial charge is 0.493 e. The average Bonchev–Trinajstić information content (AvgIpc) is 2.56. The van der Waals surface area contributed by atoms with Crippen LogP contribution >= 0.6 is 0 Å². The lowest BCUT2D eigenvalue weighted by molar-refractivity contribution is 0.0561. The number of rotatable bonds is 5. The summed E-state index contributed by atoms with van der Waals surface area (Å²) < 4.78 is 11.3. The van der Waals surface area contributed by atoms with Gasteiger partial charge in [-0.25, -0.2) is 0 Å². The van der Waals surface area contributed by atoms with Crippen molar-refractivity contribution in [3.8, 4) is 11.5 Å². The Bertz CT molecular complexity index is 466. The Hall–Kier alpha value is -1.26. The molecule has 0 saturated carbocycles. The Labute approximate surface area is 133 Å². The third kappa shape index (κ3) is 3.73. The molecule has 0 bridgehead atoms. The number of para-hydroxylation sites is 2. The van der Waals surface area contributed by atoms with E-state index in [4.69, 9.17) is 9.47 Å². The lowest BCUT2D eigenvalue weighted by Crippen LogP contribution is -2.51. The Morgan fingerprint density at radius 2 is 2.00 bits per heavy atom. The molecular formula is C18H28N2O2. The predicted octanol–water partition coefficient (Wildman–Crippen LogP) is 2.54. The van der Waals surface area contributed by atoms with Gasteiger partial charge in [-0.2, -0.15) is 0 Å². The summed E-state index contributed by atoms with van der Waals surface area (Å²) in [5.41, 5.74) is 0.515. The van der Waals surface area contributed by atoms with Gasteiger partial charge in [0.15, 0.2) is 11.5 Å². The number of nitrogens with one attached hydrogen (secondary N) is 1. The first-order valence-corrected chi connectivity index (χ1v) is 8.50. The van der Waals surface area contributed by atoms with Crippen molar-refractivity contribution in [1.29, 1.82) is 0 Å². The van der Waals surface area contributed by atoms with Gasteiger partial charge in [-0.15, -0.1) is 0 Å². The van der Waals surface area contributed by atoms with Gasteiger partial charge in [-0.1, -0.05) is 12.1 Å². The lowest BCUT2D eigenvalue weighted by atomic mass is 9.74. The lowest BCUT2D eigenvalue weighted by Gasteiger charge is -2.45. The molecule has 0 radical (unpaired) electrons. The monoisotopic (exact) mass is 304 g/mol. The summed E-state index contributed by atoms with van der Waals surface area (Å²) in [7, 11) is 1.69. The molecule has 1 aromatic carbocycles. The van der Waals surface area contributed by atoms with Gasteiger partial charge in [0.2, 0.25) is 0 Å². The normalized spacial score (nSPS) is 26.0. The summed E-state index contributed by atoms with van der Waals surface area (Å²) in [4.78, 5) is 2.58. The second-order valence-corrected chi connectivity index (χ2v) is 6.66. The fourth-order valence-electron chi connectivity index (χ4n) is 3.90. The Morgan fingerprint density at radius 1 is 1.18 bits per heavy atom. The summed E-state index contributed by atoms with van der Waals surface area (Å²) in [5.74, 6) is 1.66. The Kier molecular flexibility index (Phi) is 5.21. The topological polar surface area (TPSA) is 33.7 Å². The van der Waals surface area contributed by atoms with Crippen LogP contribution in [0.4, 0.5) is 0 Å². The van der Waals surface area contributed by atoms with Gasteiger partial charge in [0.1, 0.15) is 6.61 Å². The van der Waals surface area contributed by atoms with Gasteiger partial charge >= 0.3 is 0 Å². The summed E-state index contributed by atoms with van der Waals surface area (Å²) in [6.07, 6.45) is 5.40. The maximum Gasteiger partial charge on any atom is 0.161 e.